The number of anilines is 1. The minimum absolute atomic E-state index is 0.144. The van der Waals surface area contributed by atoms with Gasteiger partial charge < -0.3 is 19.8 Å². The standard InChI is InChI=1S/C21H23N3O3/c1-12(2)8-20(25)22-15-9-14(7-6-13(15)3)21-23-16-10-18(26-4)19(27-5)11-17(16)24-21/h6-11H,1-5H3,(H,22,25)(H,23,24). The van der Waals surface area contributed by atoms with Gasteiger partial charge in [-0.15, -0.1) is 0 Å². The zero-order chi connectivity index (χ0) is 19.6. The first-order chi connectivity index (χ1) is 12.9. The highest BCUT2D eigenvalue weighted by atomic mass is 16.5. The fraction of sp³-hybridized carbons (Fsp3) is 0.238. The summed E-state index contributed by atoms with van der Waals surface area (Å²) in [6.45, 7) is 5.73. The Morgan fingerprint density at radius 1 is 1.11 bits per heavy atom. The Morgan fingerprint density at radius 2 is 1.81 bits per heavy atom. The Labute approximate surface area is 158 Å². The van der Waals surface area contributed by atoms with Crippen LogP contribution in [0.5, 0.6) is 11.5 Å². The molecule has 3 rings (SSSR count). The van der Waals surface area contributed by atoms with Gasteiger partial charge in [0.15, 0.2) is 11.5 Å². The second-order valence-corrected chi connectivity index (χ2v) is 6.55. The number of aromatic amines is 1. The van der Waals surface area contributed by atoms with E-state index >= 15 is 0 Å². The maximum Gasteiger partial charge on any atom is 0.248 e. The van der Waals surface area contributed by atoms with Crippen LogP contribution in [-0.4, -0.2) is 30.1 Å². The molecule has 6 heteroatoms. The van der Waals surface area contributed by atoms with Crippen molar-refractivity contribution in [3.8, 4) is 22.9 Å². The number of hydrogen-bond acceptors (Lipinski definition) is 4. The molecule has 0 aliphatic carbocycles. The number of methoxy groups -OCH3 is 2. The average molecular weight is 365 g/mol. The van der Waals surface area contributed by atoms with Gasteiger partial charge in [-0.1, -0.05) is 17.7 Å². The highest BCUT2D eigenvalue weighted by Crippen LogP contribution is 2.33. The number of carbonyl (C=O) groups is 1. The number of ether oxygens (including phenoxy) is 2. The topological polar surface area (TPSA) is 76.2 Å². The Hall–Kier alpha value is -3.28. The number of allylic oxidation sites excluding steroid dienone is 1. The lowest BCUT2D eigenvalue weighted by atomic mass is 10.1. The van der Waals surface area contributed by atoms with Gasteiger partial charge in [0, 0.05) is 29.5 Å². The molecule has 0 bridgehead atoms. The van der Waals surface area contributed by atoms with Crippen LogP contribution in [-0.2, 0) is 4.79 Å². The van der Waals surface area contributed by atoms with Gasteiger partial charge in [0.05, 0.1) is 25.3 Å². The second-order valence-electron chi connectivity index (χ2n) is 6.55. The summed E-state index contributed by atoms with van der Waals surface area (Å²) in [5.74, 6) is 1.83. The molecule has 0 spiro atoms. The van der Waals surface area contributed by atoms with E-state index < -0.39 is 0 Å². The number of carbonyl (C=O) groups excluding carboxylic acids is 1. The SMILES string of the molecule is COc1cc2nc(-c3ccc(C)c(NC(=O)C=C(C)C)c3)[nH]c2cc1OC. The van der Waals surface area contributed by atoms with Crippen molar-refractivity contribution in [2.75, 3.05) is 19.5 Å². The average Bonchev–Trinajstić information content (AvgIpc) is 3.04. The molecule has 0 unspecified atom stereocenters. The molecular weight excluding hydrogens is 342 g/mol. The van der Waals surface area contributed by atoms with E-state index in [1.807, 2.05) is 51.1 Å². The van der Waals surface area contributed by atoms with Crippen LogP contribution >= 0.6 is 0 Å². The lowest BCUT2D eigenvalue weighted by Gasteiger charge is -2.08. The summed E-state index contributed by atoms with van der Waals surface area (Å²) < 4.78 is 10.7. The monoisotopic (exact) mass is 365 g/mol. The van der Waals surface area contributed by atoms with E-state index in [0.29, 0.717) is 17.3 Å². The van der Waals surface area contributed by atoms with Crippen molar-refractivity contribution in [1.29, 1.82) is 0 Å². The summed E-state index contributed by atoms with van der Waals surface area (Å²) in [5, 5.41) is 2.92. The zero-order valence-corrected chi connectivity index (χ0v) is 16.1. The largest absolute Gasteiger partial charge is 0.493 e. The molecule has 0 saturated heterocycles. The molecule has 27 heavy (non-hydrogen) atoms. The second kappa shape index (κ2) is 7.53. The maximum atomic E-state index is 12.1. The molecule has 1 amide bonds. The van der Waals surface area contributed by atoms with Crippen molar-refractivity contribution in [3.63, 3.8) is 0 Å². The first-order valence-electron chi connectivity index (χ1n) is 8.60. The molecule has 0 atom stereocenters. The zero-order valence-electron chi connectivity index (χ0n) is 16.1. The van der Waals surface area contributed by atoms with Gasteiger partial charge in [-0.3, -0.25) is 4.79 Å². The molecule has 0 aliphatic rings. The number of amides is 1. The van der Waals surface area contributed by atoms with Crippen molar-refractivity contribution in [3.05, 3.63) is 47.5 Å². The molecule has 1 heterocycles. The maximum absolute atomic E-state index is 12.1. The lowest BCUT2D eigenvalue weighted by Crippen LogP contribution is -2.09. The van der Waals surface area contributed by atoms with Crippen molar-refractivity contribution in [2.45, 2.75) is 20.8 Å². The number of fused-ring (bicyclic) bond motifs is 1. The van der Waals surface area contributed by atoms with Crippen LogP contribution in [0.2, 0.25) is 0 Å². The van der Waals surface area contributed by atoms with Crippen molar-refractivity contribution in [2.24, 2.45) is 0 Å². The number of aromatic nitrogens is 2. The molecule has 2 aromatic carbocycles. The summed E-state index contributed by atoms with van der Waals surface area (Å²) in [7, 11) is 3.20. The van der Waals surface area contributed by atoms with Crippen LogP contribution in [0.3, 0.4) is 0 Å². The minimum atomic E-state index is -0.144. The molecule has 0 aliphatic heterocycles. The van der Waals surface area contributed by atoms with Gasteiger partial charge in [0.2, 0.25) is 5.91 Å². The lowest BCUT2D eigenvalue weighted by molar-refractivity contribution is -0.111. The van der Waals surface area contributed by atoms with Gasteiger partial charge in [-0.05, 0) is 32.4 Å². The Morgan fingerprint density at radius 3 is 2.48 bits per heavy atom. The number of imidazole rings is 1. The highest BCUT2D eigenvalue weighted by Gasteiger charge is 2.12. The van der Waals surface area contributed by atoms with E-state index in [4.69, 9.17) is 9.47 Å². The van der Waals surface area contributed by atoms with Gasteiger partial charge in [0.25, 0.3) is 0 Å². The van der Waals surface area contributed by atoms with E-state index in [9.17, 15) is 4.79 Å². The van der Waals surface area contributed by atoms with Gasteiger partial charge in [0.1, 0.15) is 5.82 Å². The van der Waals surface area contributed by atoms with Gasteiger partial charge in [-0.25, -0.2) is 4.98 Å². The number of hydrogen-bond donors (Lipinski definition) is 2. The van der Waals surface area contributed by atoms with Crippen LogP contribution < -0.4 is 14.8 Å². The number of nitrogens with one attached hydrogen (secondary N) is 2. The molecule has 140 valence electrons. The quantitative estimate of drug-likeness (QED) is 0.655. The highest BCUT2D eigenvalue weighted by molar-refractivity contribution is 6.00. The number of nitrogens with zero attached hydrogens (tertiary/aromatic N) is 1. The van der Waals surface area contributed by atoms with Crippen LogP contribution in [0.1, 0.15) is 19.4 Å². The van der Waals surface area contributed by atoms with Crippen LogP contribution in [0, 0.1) is 6.92 Å². The molecule has 0 fully saturated rings. The normalized spacial score (nSPS) is 10.6. The van der Waals surface area contributed by atoms with E-state index in [1.54, 1.807) is 20.3 Å². The predicted molar refractivity (Wildman–Crippen MR) is 107 cm³/mol. The van der Waals surface area contributed by atoms with Crippen LogP contribution in [0.25, 0.3) is 22.4 Å². The summed E-state index contributed by atoms with van der Waals surface area (Å²) in [5.41, 5.74) is 5.18. The van der Waals surface area contributed by atoms with E-state index in [0.717, 1.165) is 33.4 Å². The predicted octanol–water partition coefficient (Wildman–Crippen LogP) is 4.46. The third-order valence-corrected chi connectivity index (χ3v) is 4.18. The third-order valence-electron chi connectivity index (χ3n) is 4.18. The molecule has 0 radical (unpaired) electrons. The van der Waals surface area contributed by atoms with Gasteiger partial charge in [-0.2, -0.15) is 0 Å². The molecule has 3 aromatic rings. The Kier molecular flexibility index (Phi) is 5.16. The number of rotatable bonds is 5. The molecule has 6 nitrogen and oxygen atoms in total. The smallest absolute Gasteiger partial charge is 0.248 e. The molecule has 0 saturated carbocycles. The van der Waals surface area contributed by atoms with Gasteiger partial charge >= 0.3 is 0 Å². The summed E-state index contributed by atoms with van der Waals surface area (Å²) in [4.78, 5) is 20.0. The van der Waals surface area contributed by atoms with Crippen molar-refractivity contribution < 1.29 is 14.3 Å². The molecule has 1 aromatic heterocycles. The van der Waals surface area contributed by atoms with Crippen LogP contribution in [0.15, 0.2) is 42.0 Å². The van der Waals surface area contributed by atoms with E-state index in [1.165, 1.54) is 0 Å². The van der Waals surface area contributed by atoms with Crippen LogP contribution in [0.4, 0.5) is 5.69 Å². The van der Waals surface area contributed by atoms with Crippen molar-refractivity contribution >= 4 is 22.6 Å². The summed E-state index contributed by atoms with van der Waals surface area (Å²) in [6, 6.07) is 9.54. The molecular formula is C21H23N3O3. The Balaban J connectivity index is 2.00. The minimum Gasteiger partial charge on any atom is -0.493 e. The fourth-order valence-electron chi connectivity index (χ4n) is 2.81. The number of benzene rings is 2. The summed E-state index contributed by atoms with van der Waals surface area (Å²) in [6.07, 6.45) is 1.58. The Bertz CT molecular complexity index is 990. The summed E-state index contributed by atoms with van der Waals surface area (Å²) >= 11 is 0. The van der Waals surface area contributed by atoms with E-state index in [-0.39, 0.29) is 5.91 Å². The number of H-pyrrole nitrogens is 1. The van der Waals surface area contributed by atoms with E-state index in [2.05, 4.69) is 15.3 Å². The number of aryl methyl sites for hydroxylation is 1. The van der Waals surface area contributed by atoms with Crippen molar-refractivity contribution in [1.82, 2.24) is 9.97 Å². The third kappa shape index (κ3) is 3.95. The first kappa shape index (κ1) is 18.5. The fourth-order valence-corrected chi connectivity index (χ4v) is 2.81. The first-order valence-corrected chi connectivity index (χ1v) is 8.60. The molecule has 2 N–H and O–H groups in total.